The summed E-state index contributed by atoms with van der Waals surface area (Å²) in [6.45, 7) is 5.21. The van der Waals surface area contributed by atoms with E-state index in [2.05, 4.69) is 34.0 Å². The smallest absolute Gasteiger partial charge is 0.349 e. The number of likely N-dealkylation sites (tertiary alicyclic amines) is 2. The Labute approximate surface area is 232 Å². The van der Waals surface area contributed by atoms with Crippen LogP contribution in [0.5, 0.6) is 0 Å². The van der Waals surface area contributed by atoms with Gasteiger partial charge in [-0.15, -0.1) is 10.2 Å². The van der Waals surface area contributed by atoms with E-state index in [1.165, 1.54) is 18.5 Å². The van der Waals surface area contributed by atoms with Crippen molar-refractivity contribution in [2.75, 3.05) is 26.2 Å². The van der Waals surface area contributed by atoms with Crippen LogP contribution in [0.1, 0.15) is 54.2 Å². The number of hydrogen-bond acceptors (Lipinski definition) is 7. The van der Waals surface area contributed by atoms with Gasteiger partial charge < -0.3 is 14.2 Å². The molecule has 204 valence electrons. The molecule has 9 nitrogen and oxygen atoms in total. The van der Waals surface area contributed by atoms with Gasteiger partial charge in [0.05, 0.1) is 16.0 Å². The summed E-state index contributed by atoms with van der Waals surface area (Å²) >= 11 is 11.8. The summed E-state index contributed by atoms with van der Waals surface area (Å²) in [5.74, 6) is -5.45. The number of halogens is 4. The monoisotopic (exact) mass is 576 g/mol. The summed E-state index contributed by atoms with van der Waals surface area (Å²) in [5.41, 5.74) is -1.10. The van der Waals surface area contributed by atoms with Crippen LogP contribution in [0.3, 0.4) is 0 Å². The van der Waals surface area contributed by atoms with Crippen molar-refractivity contribution in [2.45, 2.75) is 32.1 Å². The molecular formula is C26H24Cl2F2N6O3. The quantitative estimate of drug-likeness (QED) is 0.442. The summed E-state index contributed by atoms with van der Waals surface area (Å²) in [5, 5.41) is 7.77. The summed E-state index contributed by atoms with van der Waals surface area (Å²) < 4.78 is 36.2. The fourth-order valence-electron chi connectivity index (χ4n) is 5.63. The van der Waals surface area contributed by atoms with Gasteiger partial charge in [0.1, 0.15) is 0 Å². The lowest BCUT2D eigenvalue weighted by Crippen LogP contribution is -2.62. The standard InChI is InChI=1S/C26H24Cl2F2N6O3/c1-24(2)9-15(24)21(37)36-12-25(13-36)11-35(22(38)19-31-6-3-7-32-19)10-16(25)20-33-34-23(39-20)26(29,30)14-4-5-17(27)18(28)8-14/h3-8,15-16H,9-13H2,1-2H3/t15-,16?/m1/s1. The predicted octanol–water partition coefficient (Wildman–Crippen LogP) is 4.42. The molecule has 0 radical (unpaired) electrons. The third kappa shape index (κ3) is 4.35. The summed E-state index contributed by atoms with van der Waals surface area (Å²) in [6, 6.07) is 5.07. The number of carbonyl (C=O) groups excluding carboxylic acids is 2. The van der Waals surface area contributed by atoms with Crippen LogP contribution in [-0.2, 0) is 10.7 Å². The molecule has 4 heterocycles. The summed E-state index contributed by atoms with van der Waals surface area (Å²) in [7, 11) is 0. The van der Waals surface area contributed by atoms with E-state index in [-0.39, 0.29) is 52.1 Å². The first-order valence-corrected chi connectivity index (χ1v) is 13.2. The molecule has 2 atom stereocenters. The minimum absolute atomic E-state index is 0.0205. The zero-order valence-corrected chi connectivity index (χ0v) is 22.6. The van der Waals surface area contributed by atoms with Crippen molar-refractivity contribution in [3.8, 4) is 0 Å². The molecule has 2 amide bonds. The maximum atomic E-state index is 15.3. The van der Waals surface area contributed by atoms with Crippen LogP contribution in [-0.4, -0.2) is 68.0 Å². The van der Waals surface area contributed by atoms with E-state index in [1.54, 1.807) is 15.9 Å². The molecule has 1 spiro atoms. The van der Waals surface area contributed by atoms with Gasteiger partial charge in [0.15, 0.2) is 0 Å². The molecule has 3 aliphatic rings. The second-order valence-corrected chi connectivity index (χ2v) is 12.1. The molecule has 3 fully saturated rings. The highest BCUT2D eigenvalue weighted by atomic mass is 35.5. The van der Waals surface area contributed by atoms with Crippen LogP contribution in [0.15, 0.2) is 41.1 Å². The average Bonchev–Trinajstić information content (AvgIpc) is 3.24. The second-order valence-electron chi connectivity index (χ2n) is 11.3. The lowest BCUT2D eigenvalue weighted by Gasteiger charge is -2.50. The zero-order valence-electron chi connectivity index (χ0n) is 21.1. The van der Waals surface area contributed by atoms with E-state index in [0.29, 0.717) is 13.1 Å². The topological polar surface area (TPSA) is 105 Å². The predicted molar refractivity (Wildman–Crippen MR) is 135 cm³/mol. The lowest BCUT2D eigenvalue weighted by atomic mass is 9.71. The largest absolute Gasteiger partial charge is 0.419 e. The number of hydrogen-bond donors (Lipinski definition) is 0. The van der Waals surface area contributed by atoms with Crippen molar-refractivity contribution in [2.24, 2.45) is 16.7 Å². The van der Waals surface area contributed by atoms with Crippen LogP contribution in [0.4, 0.5) is 8.78 Å². The van der Waals surface area contributed by atoms with Gasteiger partial charge in [-0.1, -0.05) is 43.1 Å². The molecule has 0 N–H and O–H groups in total. The first kappa shape index (κ1) is 26.1. The molecule has 2 aromatic heterocycles. The molecule has 1 aliphatic carbocycles. The molecule has 1 aromatic carbocycles. The van der Waals surface area contributed by atoms with Crippen LogP contribution in [0.2, 0.25) is 10.0 Å². The highest BCUT2D eigenvalue weighted by molar-refractivity contribution is 6.42. The highest BCUT2D eigenvalue weighted by Crippen LogP contribution is 2.56. The number of benzene rings is 1. The number of amides is 2. The number of carbonyl (C=O) groups is 2. The SMILES string of the molecule is CC1(C)C[C@@H]1C(=O)N1CC2(CN(C(=O)c3ncccn3)CC2c2nnc(C(F)(F)c3ccc(Cl)c(Cl)c3)o2)C1. The normalized spacial score (nSPS) is 23.1. The van der Waals surface area contributed by atoms with E-state index >= 15 is 8.78 Å². The van der Waals surface area contributed by atoms with Gasteiger partial charge in [-0.25, -0.2) is 9.97 Å². The van der Waals surface area contributed by atoms with Crippen molar-refractivity contribution in [1.82, 2.24) is 30.0 Å². The zero-order chi connectivity index (χ0) is 27.7. The molecule has 13 heteroatoms. The van der Waals surface area contributed by atoms with Crippen molar-refractivity contribution in [1.29, 1.82) is 0 Å². The maximum absolute atomic E-state index is 15.3. The lowest BCUT2D eigenvalue weighted by molar-refractivity contribution is -0.146. The molecule has 1 unspecified atom stereocenters. The van der Waals surface area contributed by atoms with Gasteiger partial charge in [-0.3, -0.25) is 9.59 Å². The number of rotatable bonds is 5. The van der Waals surface area contributed by atoms with E-state index < -0.39 is 34.6 Å². The van der Waals surface area contributed by atoms with E-state index in [1.807, 2.05) is 0 Å². The summed E-state index contributed by atoms with van der Waals surface area (Å²) in [6.07, 6.45) is 3.77. The molecule has 2 saturated heterocycles. The first-order chi connectivity index (χ1) is 18.4. The van der Waals surface area contributed by atoms with Crippen molar-refractivity contribution in [3.63, 3.8) is 0 Å². The Morgan fingerprint density at radius 2 is 1.72 bits per heavy atom. The first-order valence-electron chi connectivity index (χ1n) is 12.4. The summed E-state index contributed by atoms with van der Waals surface area (Å²) in [4.78, 5) is 37.6. The van der Waals surface area contributed by atoms with E-state index in [4.69, 9.17) is 27.6 Å². The van der Waals surface area contributed by atoms with Crippen LogP contribution >= 0.6 is 23.2 Å². The van der Waals surface area contributed by atoms with Crippen LogP contribution in [0.25, 0.3) is 0 Å². The molecule has 3 aromatic rings. The van der Waals surface area contributed by atoms with Gasteiger partial charge in [0, 0.05) is 55.5 Å². The highest BCUT2D eigenvalue weighted by Gasteiger charge is 2.62. The fourth-order valence-corrected chi connectivity index (χ4v) is 5.93. The minimum atomic E-state index is -3.63. The van der Waals surface area contributed by atoms with Crippen LogP contribution < -0.4 is 0 Å². The Hall–Kier alpha value is -3.18. The molecule has 0 bridgehead atoms. The Morgan fingerprint density at radius 1 is 1.05 bits per heavy atom. The third-order valence-corrected chi connectivity index (χ3v) is 8.86. The maximum Gasteiger partial charge on any atom is 0.349 e. The van der Waals surface area contributed by atoms with Gasteiger partial charge in [0.2, 0.25) is 17.6 Å². The molecule has 1 saturated carbocycles. The number of aromatic nitrogens is 4. The van der Waals surface area contributed by atoms with Crippen molar-refractivity contribution in [3.05, 3.63) is 69.9 Å². The van der Waals surface area contributed by atoms with E-state index in [9.17, 15) is 9.59 Å². The van der Waals surface area contributed by atoms with Gasteiger partial charge in [0.25, 0.3) is 11.8 Å². The Balaban J connectivity index is 1.28. The molecule has 2 aliphatic heterocycles. The van der Waals surface area contributed by atoms with E-state index in [0.717, 1.165) is 18.6 Å². The average molecular weight is 577 g/mol. The van der Waals surface area contributed by atoms with Crippen LogP contribution in [0, 0.1) is 16.7 Å². The Bertz CT molecular complexity index is 1460. The minimum Gasteiger partial charge on any atom is -0.419 e. The van der Waals surface area contributed by atoms with Gasteiger partial charge >= 0.3 is 5.92 Å². The molecule has 6 rings (SSSR count). The number of nitrogens with zero attached hydrogens (tertiary/aromatic N) is 6. The second kappa shape index (κ2) is 8.92. The Kier molecular flexibility index (Phi) is 5.96. The number of alkyl halides is 2. The molecular weight excluding hydrogens is 553 g/mol. The van der Waals surface area contributed by atoms with Crippen molar-refractivity contribution >= 4 is 35.0 Å². The van der Waals surface area contributed by atoms with Gasteiger partial charge in [-0.05, 0) is 30.0 Å². The van der Waals surface area contributed by atoms with Crippen molar-refractivity contribution < 1.29 is 22.8 Å². The fraction of sp³-hybridized carbons (Fsp3) is 0.462. The third-order valence-electron chi connectivity index (χ3n) is 8.12. The molecule has 39 heavy (non-hydrogen) atoms. The Morgan fingerprint density at radius 3 is 2.36 bits per heavy atom. The van der Waals surface area contributed by atoms with Gasteiger partial charge in [-0.2, -0.15) is 8.78 Å².